The first-order valence-electron chi connectivity index (χ1n) is 12.3. The van der Waals surface area contributed by atoms with Crippen molar-refractivity contribution in [3.8, 4) is 11.9 Å². The second-order valence-electron chi connectivity index (χ2n) is 9.32. The summed E-state index contributed by atoms with van der Waals surface area (Å²) in [6, 6.07) is 11.4. The lowest BCUT2D eigenvalue weighted by Gasteiger charge is -2.35. The summed E-state index contributed by atoms with van der Waals surface area (Å²) in [5.41, 5.74) is 5.07. The zero-order valence-corrected chi connectivity index (χ0v) is 21.9. The molecule has 1 fully saturated rings. The van der Waals surface area contributed by atoms with Crippen LogP contribution in [0, 0.1) is 32.1 Å². The Labute approximate surface area is 220 Å². The van der Waals surface area contributed by atoms with Crippen molar-refractivity contribution >= 4 is 23.2 Å². The van der Waals surface area contributed by atoms with E-state index in [2.05, 4.69) is 26.3 Å². The molecule has 4 heterocycles. The van der Waals surface area contributed by atoms with Gasteiger partial charge >= 0.3 is 0 Å². The van der Waals surface area contributed by atoms with Crippen LogP contribution in [0.1, 0.15) is 40.3 Å². The second kappa shape index (κ2) is 10.3. The zero-order chi connectivity index (χ0) is 26.1. The standard InChI is InChI=1S/C26H28ClN9O/c1-17-22(18(2)35(31-17)24-9-8-23-30-29-19(3)36(23)32-24)7-10-25(37)34-13-11-33(12-14-34)16-21-6-4-5-20(15-28)26(21)27/h4-6,8-9H,7,10-14,16H2,1-3H3. The van der Waals surface area contributed by atoms with Crippen molar-refractivity contribution in [2.75, 3.05) is 26.2 Å². The Kier molecular flexibility index (Phi) is 6.91. The number of carbonyl (C=O) groups is 1. The fraction of sp³-hybridized carbons (Fsp3) is 0.385. The zero-order valence-electron chi connectivity index (χ0n) is 21.1. The van der Waals surface area contributed by atoms with Crippen LogP contribution in [0.3, 0.4) is 0 Å². The van der Waals surface area contributed by atoms with Gasteiger partial charge in [-0.25, -0.2) is 4.68 Å². The van der Waals surface area contributed by atoms with Crippen LogP contribution in [-0.2, 0) is 17.8 Å². The molecule has 5 rings (SSSR count). The molecule has 4 aromatic rings. The van der Waals surface area contributed by atoms with E-state index in [4.69, 9.17) is 16.7 Å². The van der Waals surface area contributed by atoms with Crippen molar-refractivity contribution in [3.05, 3.63) is 69.3 Å². The van der Waals surface area contributed by atoms with Crippen molar-refractivity contribution < 1.29 is 4.79 Å². The number of fused-ring (bicyclic) bond motifs is 1. The molecule has 0 saturated carbocycles. The number of nitrogens with zero attached hydrogens (tertiary/aromatic N) is 9. The van der Waals surface area contributed by atoms with Crippen molar-refractivity contribution in [1.82, 2.24) is 39.4 Å². The Hall–Kier alpha value is -3.81. The lowest BCUT2D eigenvalue weighted by molar-refractivity contribution is -0.133. The predicted octanol–water partition coefficient (Wildman–Crippen LogP) is 3.04. The number of hydrogen-bond donors (Lipinski definition) is 0. The number of hydrogen-bond acceptors (Lipinski definition) is 7. The quantitative estimate of drug-likeness (QED) is 0.386. The molecule has 1 saturated heterocycles. The van der Waals surface area contributed by atoms with Crippen molar-refractivity contribution in [2.24, 2.45) is 0 Å². The van der Waals surface area contributed by atoms with Gasteiger partial charge in [-0.2, -0.15) is 14.9 Å². The van der Waals surface area contributed by atoms with Gasteiger partial charge in [0, 0.05) is 44.8 Å². The van der Waals surface area contributed by atoms with E-state index in [1.165, 1.54) is 0 Å². The molecular weight excluding hydrogens is 490 g/mol. The summed E-state index contributed by atoms with van der Waals surface area (Å²) in [6.45, 7) is 9.39. The monoisotopic (exact) mass is 517 g/mol. The third-order valence-corrected chi connectivity index (χ3v) is 7.42. The molecule has 37 heavy (non-hydrogen) atoms. The van der Waals surface area contributed by atoms with E-state index in [-0.39, 0.29) is 5.91 Å². The maximum atomic E-state index is 13.0. The van der Waals surface area contributed by atoms with Crippen LogP contribution in [0.5, 0.6) is 0 Å². The molecule has 190 valence electrons. The molecule has 0 radical (unpaired) electrons. The smallest absolute Gasteiger partial charge is 0.222 e. The first-order valence-corrected chi connectivity index (χ1v) is 12.7. The van der Waals surface area contributed by atoms with E-state index in [0.717, 1.165) is 35.6 Å². The number of rotatable bonds is 6. The van der Waals surface area contributed by atoms with E-state index in [0.29, 0.717) is 60.4 Å². The van der Waals surface area contributed by atoms with E-state index in [9.17, 15) is 10.1 Å². The molecule has 0 aliphatic carbocycles. The molecule has 1 aromatic carbocycles. The van der Waals surface area contributed by atoms with Gasteiger partial charge in [0.05, 0.1) is 16.3 Å². The lowest BCUT2D eigenvalue weighted by atomic mass is 10.1. The van der Waals surface area contributed by atoms with Gasteiger partial charge in [-0.1, -0.05) is 23.7 Å². The van der Waals surface area contributed by atoms with E-state index >= 15 is 0 Å². The fourth-order valence-corrected chi connectivity index (χ4v) is 5.06. The number of nitriles is 1. The van der Waals surface area contributed by atoms with Gasteiger partial charge in [-0.15, -0.1) is 15.3 Å². The maximum Gasteiger partial charge on any atom is 0.222 e. The van der Waals surface area contributed by atoms with Gasteiger partial charge in [-0.05, 0) is 56.5 Å². The summed E-state index contributed by atoms with van der Waals surface area (Å²) in [5, 5.41) is 27.2. The molecular formula is C26H28ClN9O. The Morgan fingerprint density at radius 3 is 2.59 bits per heavy atom. The minimum atomic E-state index is 0.148. The minimum absolute atomic E-state index is 0.148. The Balaban J connectivity index is 1.19. The number of piperazine rings is 1. The van der Waals surface area contributed by atoms with Gasteiger partial charge < -0.3 is 4.90 Å². The minimum Gasteiger partial charge on any atom is -0.340 e. The van der Waals surface area contributed by atoms with Crippen LogP contribution < -0.4 is 0 Å². The molecule has 0 bridgehead atoms. The molecule has 1 amide bonds. The number of amides is 1. The van der Waals surface area contributed by atoms with Gasteiger partial charge in [0.15, 0.2) is 17.3 Å². The average molecular weight is 518 g/mol. The van der Waals surface area contributed by atoms with Crippen LogP contribution in [0.15, 0.2) is 30.3 Å². The Morgan fingerprint density at radius 2 is 1.84 bits per heavy atom. The first-order chi connectivity index (χ1) is 17.9. The normalized spacial score (nSPS) is 14.3. The molecule has 3 aromatic heterocycles. The number of aryl methyl sites for hydroxylation is 2. The van der Waals surface area contributed by atoms with Crippen molar-refractivity contribution in [1.29, 1.82) is 5.26 Å². The average Bonchev–Trinajstić information content (AvgIpc) is 3.42. The summed E-state index contributed by atoms with van der Waals surface area (Å²) in [5.74, 6) is 1.54. The van der Waals surface area contributed by atoms with Crippen LogP contribution in [0.4, 0.5) is 0 Å². The molecule has 1 aliphatic rings. The summed E-state index contributed by atoms with van der Waals surface area (Å²) in [7, 11) is 0. The lowest BCUT2D eigenvalue weighted by Crippen LogP contribution is -2.48. The summed E-state index contributed by atoms with van der Waals surface area (Å²) in [4.78, 5) is 17.2. The third kappa shape index (κ3) is 4.92. The van der Waals surface area contributed by atoms with Gasteiger partial charge in [-0.3, -0.25) is 9.69 Å². The topological polar surface area (TPSA) is 108 Å². The number of benzene rings is 1. The highest BCUT2D eigenvalue weighted by molar-refractivity contribution is 6.32. The first kappa shape index (κ1) is 24.9. The molecule has 0 N–H and O–H groups in total. The number of carbonyl (C=O) groups excluding carboxylic acids is 1. The SMILES string of the molecule is Cc1nn(-c2ccc3nnc(C)n3n2)c(C)c1CCC(=O)N1CCN(Cc2cccc(C#N)c2Cl)CC1. The molecule has 1 aliphatic heterocycles. The molecule has 0 atom stereocenters. The van der Waals surface area contributed by atoms with Crippen LogP contribution in [-0.4, -0.2) is 71.5 Å². The highest BCUT2D eigenvalue weighted by atomic mass is 35.5. The maximum absolute atomic E-state index is 13.0. The summed E-state index contributed by atoms with van der Waals surface area (Å²) < 4.78 is 3.52. The van der Waals surface area contributed by atoms with Crippen molar-refractivity contribution in [2.45, 2.75) is 40.2 Å². The van der Waals surface area contributed by atoms with E-state index < -0.39 is 0 Å². The fourth-order valence-electron chi connectivity index (χ4n) is 4.83. The molecule has 11 heteroatoms. The van der Waals surface area contributed by atoms with E-state index in [1.807, 2.05) is 54.6 Å². The third-order valence-electron chi connectivity index (χ3n) is 6.97. The Bertz CT molecular complexity index is 1510. The van der Waals surface area contributed by atoms with Gasteiger partial charge in [0.25, 0.3) is 0 Å². The molecule has 10 nitrogen and oxygen atoms in total. The van der Waals surface area contributed by atoms with Crippen LogP contribution in [0.2, 0.25) is 5.02 Å². The number of halogens is 1. The van der Waals surface area contributed by atoms with Crippen LogP contribution in [0.25, 0.3) is 11.5 Å². The second-order valence-corrected chi connectivity index (χ2v) is 9.70. The summed E-state index contributed by atoms with van der Waals surface area (Å²) >= 11 is 6.37. The van der Waals surface area contributed by atoms with Crippen LogP contribution >= 0.6 is 11.6 Å². The number of aromatic nitrogens is 6. The molecule has 0 spiro atoms. The highest BCUT2D eigenvalue weighted by Crippen LogP contribution is 2.23. The van der Waals surface area contributed by atoms with Gasteiger partial charge in [0.1, 0.15) is 6.07 Å². The van der Waals surface area contributed by atoms with Crippen molar-refractivity contribution in [3.63, 3.8) is 0 Å². The van der Waals surface area contributed by atoms with Gasteiger partial charge in [0.2, 0.25) is 5.91 Å². The van der Waals surface area contributed by atoms with E-state index in [1.54, 1.807) is 10.6 Å². The highest BCUT2D eigenvalue weighted by Gasteiger charge is 2.23. The predicted molar refractivity (Wildman–Crippen MR) is 138 cm³/mol. The summed E-state index contributed by atoms with van der Waals surface area (Å²) in [6.07, 6.45) is 1.06. The molecule has 0 unspecified atom stereocenters. The largest absolute Gasteiger partial charge is 0.340 e. The Morgan fingerprint density at radius 1 is 1.05 bits per heavy atom.